The molecule has 3 rings (SSSR count). The molecule has 1 N–H and O–H groups in total. The van der Waals surface area contributed by atoms with Crippen molar-refractivity contribution in [2.24, 2.45) is 0 Å². The quantitative estimate of drug-likeness (QED) is 0.748. The maximum atomic E-state index is 5.48. The molecule has 0 saturated heterocycles. The predicted molar refractivity (Wildman–Crippen MR) is 80.0 cm³/mol. The molecule has 8 heteroatoms. The smallest absolute Gasteiger partial charge is 0.209 e. The maximum absolute atomic E-state index is 5.48. The summed E-state index contributed by atoms with van der Waals surface area (Å²) in [5, 5.41) is 15.3. The average molecular weight is 302 g/mol. The van der Waals surface area contributed by atoms with Crippen LogP contribution in [0.4, 0.5) is 0 Å². The van der Waals surface area contributed by atoms with Crippen LogP contribution < -0.4 is 4.74 Å². The van der Waals surface area contributed by atoms with Gasteiger partial charge in [-0.2, -0.15) is 4.80 Å². The Morgan fingerprint density at radius 2 is 2.05 bits per heavy atom. The number of methoxy groups -OCH3 is 1. The van der Waals surface area contributed by atoms with Crippen LogP contribution in [-0.4, -0.2) is 37.1 Å². The van der Waals surface area contributed by atoms with Crippen molar-refractivity contribution in [3.63, 3.8) is 0 Å². The van der Waals surface area contributed by atoms with E-state index in [2.05, 4.69) is 20.5 Å². The highest BCUT2D eigenvalue weighted by Gasteiger charge is 2.11. The van der Waals surface area contributed by atoms with Gasteiger partial charge in [-0.25, -0.2) is 4.68 Å². The summed E-state index contributed by atoms with van der Waals surface area (Å²) >= 11 is 5.48. The van der Waals surface area contributed by atoms with Crippen molar-refractivity contribution in [1.29, 1.82) is 0 Å². The van der Waals surface area contributed by atoms with E-state index >= 15 is 0 Å². The van der Waals surface area contributed by atoms with Crippen LogP contribution in [-0.2, 0) is 6.54 Å². The topological polar surface area (TPSA) is 73.5 Å². The molecule has 21 heavy (non-hydrogen) atoms. The molecule has 108 valence electrons. The second kappa shape index (κ2) is 5.49. The molecule has 0 fully saturated rings. The summed E-state index contributed by atoms with van der Waals surface area (Å²) in [5.74, 6) is 1.31. The summed E-state index contributed by atoms with van der Waals surface area (Å²) in [6, 6.07) is 7.60. The minimum atomic E-state index is 0.519. The Morgan fingerprint density at radius 3 is 2.67 bits per heavy atom. The zero-order valence-electron chi connectivity index (χ0n) is 11.6. The van der Waals surface area contributed by atoms with Crippen LogP contribution in [0.3, 0.4) is 0 Å². The summed E-state index contributed by atoms with van der Waals surface area (Å²) in [5.41, 5.74) is 1.66. The fourth-order valence-electron chi connectivity index (χ4n) is 1.94. The van der Waals surface area contributed by atoms with Gasteiger partial charge in [-0.15, -0.1) is 10.2 Å². The number of hydrogen-bond donors (Lipinski definition) is 1. The fourth-order valence-corrected chi connectivity index (χ4v) is 2.25. The lowest BCUT2D eigenvalue weighted by molar-refractivity contribution is 0.414. The minimum absolute atomic E-state index is 0.519. The summed E-state index contributed by atoms with van der Waals surface area (Å²) in [6.07, 6.45) is 1.78. The fraction of sp³-hybridized carbons (Fsp3) is 0.231. The molecular formula is C13H14N6OS. The maximum Gasteiger partial charge on any atom is 0.209 e. The van der Waals surface area contributed by atoms with Gasteiger partial charge in [0.1, 0.15) is 10.4 Å². The van der Waals surface area contributed by atoms with Gasteiger partial charge in [0.05, 0.1) is 24.9 Å². The Hall–Kier alpha value is -2.48. The molecular weight excluding hydrogens is 288 g/mol. The Labute approximate surface area is 126 Å². The van der Waals surface area contributed by atoms with Crippen LogP contribution in [0.2, 0.25) is 0 Å². The Kier molecular flexibility index (Phi) is 3.53. The number of aryl methyl sites for hydroxylation is 1. The normalized spacial score (nSPS) is 10.8. The number of aromatic amines is 1. The van der Waals surface area contributed by atoms with E-state index in [9.17, 15) is 0 Å². The van der Waals surface area contributed by atoms with Gasteiger partial charge in [-0.05, 0) is 36.4 Å². The molecule has 0 unspecified atom stereocenters. The lowest BCUT2D eigenvalue weighted by Crippen LogP contribution is -1.98. The van der Waals surface area contributed by atoms with Crippen molar-refractivity contribution < 1.29 is 4.74 Å². The lowest BCUT2D eigenvalue weighted by atomic mass is 10.3. The highest BCUT2D eigenvalue weighted by Crippen LogP contribution is 2.20. The summed E-state index contributed by atoms with van der Waals surface area (Å²) in [7, 11) is 1.64. The van der Waals surface area contributed by atoms with E-state index in [-0.39, 0.29) is 0 Å². The Bertz CT molecular complexity index is 801. The largest absolute Gasteiger partial charge is 0.497 e. The first-order chi connectivity index (χ1) is 10.2. The first kappa shape index (κ1) is 13.5. The average Bonchev–Trinajstić information content (AvgIpc) is 3.13. The highest BCUT2D eigenvalue weighted by atomic mass is 32.1. The number of tetrazole rings is 1. The number of H-pyrrole nitrogens is 1. The zero-order valence-corrected chi connectivity index (χ0v) is 12.5. The lowest BCUT2D eigenvalue weighted by Gasteiger charge is -2.04. The number of benzene rings is 1. The third-order valence-electron chi connectivity index (χ3n) is 3.08. The van der Waals surface area contributed by atoms with Gasteiger partial charge in [0.25, 0.3) is 0 Å². The van der Waals surface area contributed by atoms with Gasteiger partial charge in [-0.3, -0.25) is 5.10 Å². The van der Waals surface area contributed by atoms with Crippen molar-refractivity contribution in [3.8, 4) is 22.8 Å². The summed E-state index contributed by atoms with van der Waals surface area (Å²) in [6.45, 7) is 2.62. The summed E-state index contributed by atoms with van der Waals surface area (Å²) in [4.78, 5) is 1.52. The Balaban J connectivity index is 2.00. The van der Waals surface area contributed by atoms with Crippen LogP contribution in [0, 0.1) is 4.64 Å². The van der Waals surface area contributed by atoms with Gasteiger partial charge in [0.15, 0.2) is 0 Å². The molecule has 7 nitrogen and oxygen atoms in total. The van der Waals surface area contributed by atoms with E-state index in [1.807, 2.05) is 31.2 Å². The van der Waals surface area contributed by atoms with Crippen LogP contribution >= 0.6 is 12.2 Å². The third-order valence-corrected chi connectivity index (χ3v) is 3.48. The van der Waals surface area contributed by atoms with Gasteiger partial charge in [0.2, 0.25) is 5.82 Å². The van der Waals surface area contributed by atoms with E-state index < -0.39 is 0 Å². The number of nitrogens with zero attached hydrogens (tertiary/aromatic N) is 5. The molecule has 0 spiro atoms. The molecule has 0 aliphatic carbocycles. The molecule has 3 aromatic rings. The number of ether oxygens (including phenoxy) is 1. The van der Waals surface area contributed by atoms with Crippen molar-refractivity contribution in [2.45, 2.75) is 13.5 Å². The Morgan fingerprint density at radius 1 is 1.29 bits per heavy atom. The number of hydrogen-bond acceptors (Lipinski definition) is 5. The molecule has 0 bridgehead atoms. The zero-order chi connectivity index (χ0) is 14.8. The second-order valence-electron chi connectivity index (χ2n) is 4.33. The van der Waals surface area contributed by atoms with Gasteiger partial charge in [-0.1, -0.05) is 12.2 Å². The van der Waals surface area contributed by atoms with Crippen molar-refractivity contribution in [3.05, 3.63) is 35.1 Å². The van der Waals surface area contributed by atoms with Gasteiger partial charge < -0.3 is 4.74 Å². The van der Waals surface area contributed by atoms with E-state index in [4.69, 9.17) is 17.0 Å². The molecule has 0 aliphatic rings. The van der Waals surface area contributed by atoms with Crippen LogP contribution in [0.5, 0.6) is 5.75 Å². The standard InChI is InChI=1S/C13H14N6OS/c1-3-18-16-12(15-17-18)11-8-14-19(13(11)21)9-4-6-10(20-2)7-5-9/h4-8,14H,3H2,1-2H3. The van der Waals surface area contributed by atoms with Gasteiger partial charge >= 0.3 is 0 Å². The monoisotopic (exact) mass is 302 g/mol. The highest BCUT2D eigenvalue weighted by molar-refractivity contribution is 7.71. The number of nitrogens with one attached hydrogen (secondary N) is 1. The van der Waals surface area contributed by atoms with Crippen molar-refractivity contribution in [1.82, 2.24) is 30.0 Å². The van der Waals surface area contributed by atoms with E-state index in [1.165, 1.54) is 4.80 Å². The van der Waals surface area contributed by atoms with Crippen LogP contribution in [0.1, 0.15) is 6.92 Å². The van der Waals surface area contributed by atoms with E-state index in [0.29, 0.717) is 17.0 Å². The van der Waals surface area contributed by atoms with Gasteiger partial charge in [0, 0.05) is 6.20 Å². The third kappa shape index (κ3) is 2.45. The van der Waals surface area contributed by atoms with Crippen LogP contribution in [0.15, 0.2) is 30.5 Å². The number of rotatable bonds is 4. The van der Waals surface area contributed by atoms with E-state index in [0.717, 1.165) is 17.0 Å². The first-order valence-electron chi connectivity index (χ1n) is 6.46. The number of aromatic nitrogens is 6. The first-order valence-corrected chi connectivity index (χ1v) is 6.86. The van der Waals surface area contributed by atoms with Crippen LogP contribution in [0.25, 0.3) is 17.1 Å². The predicted octanol–water partition coefficient (Wildman–Crippen LogP) is 2.22. The molecule has 0 saturated carbocycles. The molecule has 2 heterocycles. The molecule has 0 amide bonds. The molecule has 1 aromatic carbocycles. The molecule has 2 aromatic heterocycles. The summed E-state index contributed by atoms with van der Waals surface area (Å²) < 4.78 is 7.54. The molecule has 0 atom stereocenters. The minimum Gasteiger partial charge on any atom is -0.497 e. The SMILES string of the molecule is CCn1nnc(-c2c[nH]n(-c3ccc(OC)cc3)c2=S)n1. The molecule has 0 radical (unpaired) electrons. The van der Waals surface area contributed by atoms with Crippen molar-refractivity contribution in [2.75, 3.05) is 7.11 Å². The van der Waals surface area contributed by atoms with Crippen molar-refractivity contribution >= 4 is 12.2 Å². The second-order valence-corrected chi connectivity index (χ2v) is 4.71. The molecule has 0 aliphatic heterocycles. The van der Waals surface area contributed by atoms with E-state index in [1.54, 1.807) is 18.0 Å².